The van der Waals surface area contributed by atoms with E-state index in [4.69, 9.17) is 11.6 Å². The van der Waals surface area contributed by atoms with E-state index < -0.39 is 21.9 Å². The van der Waals surface area contributed by atoms with E-state index >= 15 is 0 Å². The fraction of sp³-hybridized carbons (Fsp3) is 0.632. The third kappa shape index (κ3) is 6.07. The zero-order valence-electron chi connectivity index (χ0n) is 15.9. The molecule has 1 unspecified atom stereocenters. The summed E-state index contributed by atoms with van der Waals surface area (Å²) in [6, 6.07) is 2.82. The maximum atomic E-state index is 13.5. The van der Waals surface area contributed by atoms with Crippen LogP contribution in [0.3, 0.4) is 0 Å². The van der Waals surface area contributed by atoms with Crippen LogP contribution in [-0.2, 0) is 14.8 Å². The quantitative estimate of drug-likeness (QED) is 0.750. The van der Waals surface area contributed by atoms with Crippen molar-refractivity contribution < 1.29 is 17.6 Å². The highest BCUT2D eigenvalue weighted by Crippen LogP contribution is 2.27. The Kier molecular flexibility index (Phi) is 7.91. The first-order valence-corrected chi connectivity index (χ1v) is 11.7. The summed E-state index contributed by atoms with van der Waals surface area (Å²) in [6.45, 7) is 1.76. The summed E-state index contributed by atoms with van der Waals surface area (Å²) < 4.78 is 39.4. The van der Waals surface area contributed by atoms with Crippen LogP contribution in [0.4, 0.5) is 10.1 Å². The van der Waals surface area contributed by atoms with Gasteiger partial charge in [0.05, 0.1) is 17.0 Å². The van der Waals surface area contributed by atoms with Crippen LogP contribution < -0.4 is 9.62 Å². The second-order valence-electron chi connectivity index (χ2n) is 7.13. The van der Waals surface area contributed by atoms with E-state index in [-0.39, 0.29) is 22.7 Å². The summed E-state index contributed by atoms with van der Waals surface area (Å²) in [5, 5.41) is 2.85. The molecule has 8 heteroatoms. The highest BCUT2D eigenvalue weighted by Gasteiger charge is 2.32. The number of halogens is 2. The number of nitrogens with zero attached hydrogens (tertiary/aromatic N) is 1. The number of benzene rings is 1. The third-order valence-electron chi connectivity index (χ3n) is 4.94. The molecule has 0 aliphatic heterocycles. The standard InChI is InChI=1S/C19H28ClFN2O3S/c1-3-18(19(24)22-14-9-7-5-4-6-8-10-14)23(27(2,25)26)15-11-12-17(21)16(20)13-15/h11-14,18H,3-10H2,1-2H3,(H,22,24). The van der Waals surface area contributed by atoms with Gasteiger partial charge >= 0.3 is 0 Å². The molecule has 1 aromatic carbocycles. The molecule has 1 atom stereocenters. The fourth-order valence-electron chi connectivity index (χ4n) is 3.58. The van der Waals surface area contributed by atoms with Crippen LogP contribution in [0.5, 0.6) is 0 Å². The minimum absolute atomic E-state index is 0.0602. The topological polar surface area (TPSA) is 66.5 Å². The Morgan fingerprint density at radius 3 is 2.37 bits per heavy atom. The number of hydrogen-bond donors (Lipinski definition) is 1. The first-order chi connectivity index (χ1) is 12.7. The maximum Gasteiger partial charge on any atom is 0.244 e. The molecule has 1 fully saturated rings. The zero-order valence-corrected chi connectivity index (χ0v) is 17.5. The molecular formula is C19H28ClFN2O3S. The van der Waals surface area contributed by atoms with Crippen LogP contribution in [0.15, 0.2) is 18.2 Å². The lowest BCUT2D eigenvalue weighted by Crippen LogP contribution is -2.51. The molecule has 1 aliphatic rings. The van der Waals surface area contributed by atoms with E-state index in [1.54, 1.807) is 6.92 Å². The Hall–Kier alpha value is -1.34. The molecule has 1 saturated carbocycles. The predicted octanol–water partition coefficient (Wildman–Crippen LogP) is 4.25. The molecule has 5 nitrogen and oxygen atoms in total. The summed E-state index contributed by atoms with van der Waals surface area (Å²) in [5.41, 5.74) is 0.184. The van der Waals surface area contributed by atoms with Gasteiger partial charge in [0.25, 0.3) is 0 Å². The minimum atomic E-state index is -3.77. The average Bonchev–Trinajstić information content (AvgIpc) is 2.56. The van der Waals surface area contributed by atoms with Gasteiger partial charge in [0.2, 0.25) is 15.9 Å². The van der Waals surface area contributed by atoms with E-state index in [1.807, 2.05) is 0 Å². The summed E-state index contributed by atoms with van der Waals surface area (Å²) in [4.78, 5) is 12.9. The molecule has 1 N–H and O–H groups in total. The summed E-state index contributed by atoms with van der Waals surface area (Å²) >= 11 is 5.83. The van der Waals surface area contributed by atoms with E-state index in [1.165, 1.54) is 18.6 Å². The van der Waals surface area contributed by atoms with Crippen LogP contribution in [0.25, 0.3) is 0 Å². The molecule has 0 heterocycles. The molecule has 1 aromatic rings. The normalized spacial score (nSPS) is 17.6. The van der Waals surface area contributed by atoms with Crippen molar-refractivity contribution in [1.82, 2.24) is 5.32 Å². The van der Waals surface area contributed by atoms with E-state index in [0.717, 1.165) is 55.2 Å². The second-order valence-corrected chi connectivity index (χ2v) is 9.40. The number of carbonyl (C=O) groups is 1. The van der Waals surface area contributed by atoms with Gasteiger partial charge in [0.15, 0.2) is 0 Å². The fourth-order valence-corrected chi connectivity index (χ4v) is 4.96. The van der Waals surface area contributed by atoms with Gasteiger partial charge in [-0.05, 0) is 37.5 Å². The Bertz CT molecular complexity index is 749. The molecular weight excluding hydrogens is 391 g/mol. The lowest BCUT2D eigenvalue weighted by Gasteiger charge is -2.32. The van der Waals surface area contributed by atoms with E-state index in [9.17, 15) is 17.6 Å². The molecule has 27 heavy (non-hydrogen) atoms. The van der Waals surface area contributed by atoms with Gasteiger partial charge in [-0.2, -0.15) is 0 Å². The van der Waals surface area contributed by atoms with Crippen molar-refractivity contribution in [1.29, 1.82) is 0 Å². The number of anilines is 1. The van der Waals surface area contributed by atoms with Gasteiger partial charge in [0.1, 0.15) is 11.9 Å². The van der Waals surface area contributed by atoms with Gasteiger partial charge in [-0.25, -0.2) is 12.8 Å². The van der Waals surface area contributed by atoms with Gasteiger partial charge in [0, 0.05) is 6.04 Å². The van der Waals surface area contributed by atoms with Crippen LogP contribution in [-0.4, -0.2) is 32.7 Å². The second kappa shape index (κ2) is 9.73. The number of carbonyl (C=O) groups excluding carboxylic acids is 1. The average molecular weight is 419 g/mol. The summed E-state index contributed by atoms with van der Waals surface area (Å²) in [5.74, 6) is -0.963. The van der Waals surface area contributed by atoms with Gasteiger partial charge in [-0.15, -0.1) is 0 Å². The van der Waals surface area contributed by atoms with E-state index in [2.05, 4.69) is 5.32 Å². The van der Waals surface area contributed by atoms with Gasteiger partial charge in [-0.1, -0.05) is 50.6 Å². The number of amides is 1. The van der Waals surface area contributed by atoms with Crippen molar-refractivity contribution in [2.24, 2.45) is 0 Å². The van der Waals surface area contributed by atoms with Crippen molar-refractivity contribution >= 4 is 33.2 Å². The monoisotopic (exact) mass is 418 g/mol. The summed E-state index contributed by atoms with van der Waals surface area (Å²) in [6.07, 6.45) is 8.81. The molecule has 0 radical (unpaired) electrons. The molecule has 1 amide bonds. The number of rotatable bonds is 6. The van der Waals surface area contributed by atoms with Crippen molar-refractivity contribution in [3.8, 4) is 0 Å². The number of nitrogens with one attached hydrogen (secondary N) is 1. The zero-order chi connectivity index (χ0) is 20.0. The number of hydrogen-bond acceptors (Lipinski definition) is 3. The third-order valence-corrected chi connectivity index (χ3v) is 6.41. The first kappa shape index (κ1) is 22.0. The van der Waals surface area contributed by atoms with Crippen molar-refractivity contribution in [2.45, 2.75) is 70.4 Å². The Labute approximate surface area is 166 Å². The Balaban J connectivity index is 2.25. The predicted molar refractivity (Wildman–Crippen MR) is 107 cm³/mol. The Morgan fingerprint density at radius 1 is 1.26 bits per heavy atom. The van der Waals surface area contributed by atoms with Gasteiger partial charge in [-0.3, -0.25) is 9.10 Å². The molecule has 0 spiro atoms. The molecule has 2 rings (SSSR count). The number of sulfonamides is 1. The lowest BCUT2D eigenvalue weighted by atomic mass is 9.96. The molecule has 1 aliphatic carbocycles. The maximum absolute atomic E-state index is 13.5. The van der Waals surface area contributed by atoms with Crippen LogP contribution in [0.1, 0.15) is 58.3 Å². The highest BCUT2D eigenvalue weighted by atomic mass is 35.5. The smallest absolute Gasteiger partial charge is 0.244 e. The SMILES string of the molecule is CCC(C(=O)NC1CCCCCCC1)N(c1ccc(F)c(Cl)c1)S(C)(=O)=O. The van der Waals surface area contributed by atoms with Gasteiger partial charge < -0.3 is 5.32 Å². The summed E-state index contributed by atoms with van der Waals surface area (Å²) in [7, 11) is -3.77. The van der Waals surface area contributed by atoms with E-state index in [0.29, 0.717) is 6.42 Å². The molecule has 0 bridgehead atoms. The largest absolute Gasteiger partial charge is 0.352 e. The van der Waals surface area contributed by atoms with Crippen LogP contribution in [0.2, 0.25) is 5.02 Å². The van der Waals surface area contributed by atoms with Crippen molar-refractivity contribution in [3.05, 3.63) is 29.0 Å². The lowest BCUT2D eigenvalue weighted by molar-refractivity contribution is -0.123. The molecule has 0 saturated heterocycles. The van der Waals surface area contributed by atoms with Crippen LogP contribution >= 0.6 is 11.6 Å². The van der Waals surface area contributed by atoms with Crippen molar-refractivity contribution in [3.63, 3.8) is 0 Å². The highest BCUT2D eigenvalue weighted by molar-refractivity contribution is 7.92. The van der Waals surface area contributed by atoms with Crippen molar-refractivity contribution in [2.75, 3.05) is 10.6 Å². The van der Waals surface area contributed by atoms with Crippen LogP contribution in [0, 0.1) is 5.82 Å². The Morgan fingerprint density at radius 2 is 1.85 bits per heavy atom. The molecule has 152 valence electrons. The minimum Gasteiger partial charge on any atom is -0.352 e. The first-order valence-electron chi connectivity index (χ1n) is 9.49. The molecule has 0 aromatic heterocycles.